The minimum absolute atomic E-state index is 0.454. The Morgan fingerprint density at radius 3 is 3.11 bits per heavy atom. The monoisotopic (exact) mass is 265 g/mol. The van der Waals surface area contributed by atoms with Gasteiger partial charge in [-0.25, -0.2) is 9.97 Å². The summed E-state index contributed by atoms with van der Waals surface area (Å²) in [5.41, 5.74) is 0. The highest BCUT2D eigenvalue weighted by Crippen LogP contribution is 2.19. The van der Waals surface area contributed by atoms with Crippen LogP contribution in [0.5, 0.6) is 0 Å². The first-order valence-electron chi connectivity index (χ1n) is 6.76. The van der Waals surface area contributed by atoms with E-state index in [1.54, 1.807) is 7.11 Å². The van der Waals surface area contributed by atoms with Gasteiger partial charge in [0.1, 0.15) is 17.5 Å². The molecule has 1 unspecified atom stereocenters. The van der Waals surface area contributed by atoms with Crippen molar-refractivity contribution in [2.45, 2.75) is 19.9 Å². The molecule has 1 aliphatic heterocycles. The summed E-state index contributed by atoms with van der Waals surface area (Å²) in [5, 5.41) is 6.65. The van der Waals surface area contributed by atoms with E-state index in [1.165, 1.54) is 0 Å². The Bertz CT molecular complexity index is 412. The standard InChI is InChI=1S/C13H23N5O/c1-10-9-14-4-6-18(10)13-8-12(15-5-7-19-3)16-11(2)17-13/h8,10,14H,4-7,9H2,1-3H3,(H,15,16,17). The van der Waals surface area contributed by atoms with Crippen molar-refractivity contribution in [2.24, 2.45) is 0 Å². The average molecular weight is 265 g/mol. The van der Waals surface area contributed by atoms with Crippen molar-refractivity contribution in [3.8, 4) is 0 Å². The molecule has 106 valence electrons. The second kappa shape index (κ2) is 6.68. The van der Waals surface area contributed by atoms with Crippen molar-refractivity contribution in [1.29, 1.82) is 0 Å². The van der Waals surface area contributed by atoms with E-state index in [0.717, 1.165) is 43.6 Å². The van der Waals surface area contributed by atoms with Crippen molar-refractivity contribution in [3.63, 3.8) is 0 Å². The maximum absolute atomic E-state index is 5.03. The van der Waals surface area contributed by atoms with Gasteiger partial charge in [0.15, 0.2) is 0 Å². The summed E-state index contributed by atoms with van der Waals surface area (Å²) >= 11 is 0. The summed E-state index contributed by atoms with van der Waals surface area (Å²) in [4.78, 5) is 11.3. The van der Waals surface area contributed by atoms with Crippen LogP contribution in [0.1, 0.15) is 12.7 Å². The predicted molar refractivity (Wildman–Crippen MR) is 76.8 cm³/mol. The van der Waals surface area contributed by atoms with Crippen LogP contribution in [-0.2, 0) is 4.74 Å². The van der Waals surface area contributed by atoms with E-state index in [9.17, 15) is 0 Å². The lowest BCUT2D eigenvalue weighted by molar-refractivity contribution is 0.210. The molecule has 2 heterocycles. The van der Waals surface area contributed by atoms with Gasteiger partial charge < -0.3 is 20.3 Å². The molecule has 2 rings (SSSR count). The van der Waals surface area contributed by atoms with Crippen LogP contribution in [0.2, 0.25) is 0 Å². The molecule has 1 fully saturated rings. The Labute approximate surface area is 114 Å². The first-order valence-corrected chi connectivity index (χ1v) is 6.76. The Morgan fingerprint density at radius 2 is 2.37 bits per heavy atom. The molecule has 0 amide bonds. The van der Waals surface area contributed by atoms with Crippen molar-refractivity contribution >= 4 is 11.6 Å². The molecule has 1 aromatic heterocycles. The van der Waals surface area contributed by atoms with Gasteiger partial charge in [0.25, 0.3) is 0 Å². The van der Waals surface area contributed by atoms with Crippen molar-refractivity contribution in [3.05, 3.63) is 11.9 Å². The smallest absolute Gasteiger partial charge is 0.134 e. The Hall–Kier alpha value is -1.40. The summed E-state index contributed by atoms with van der Waals surface area (Å²) in [5.74, 6) is 2.66. The third-order valence-corrected chi connectivity index (χ3v) is 3.23. The molecule has 1 aromatic rings. The summed E-state index contributed by atoms with van der Waals surface area (Å²) < 4.78 is 5.03. The number of hydrogen-bond donors (Lipinski definition) is 2. The molecule has 2 N–H and O–H groups in total. The zero-order valence-corrected chi connectivity index (χ0v) is 11.9. The van der Waals surface area contributed by atoms with Crippen LogP contribution >= 0.6 is 0 Å². The summed E-state index contributed by atoms with van der Waals surface area (Å²) in [7, 11) is 1.70. The third-order valence-electron chi connectivity index (χ3n) is 3.23. The summed E-state index contributed by atoms with van der Waals surface area (Å²) in [6, 6.07) is 2.47. The highest BCUT2D eigenvalue weighted by molar-refractivity contribution is 5.50. The lowest BCUT2D eigenvalue weighted by Crippen LogP contribution is -2.50. The SMILES string of the molecule is COCCNc1cc(N2CCNCC2C)nc(C)n1. The van der Waals surface area contributed by atoms with Gasteiger partial charge in [-0.3, -0.25) is 0 Å². The van der Waals surface area contributed by atoms with E-state index in [1.807, 2.05) is 13.0 Å². The van der Waals surface area contributed by atoms with E-state index in [-0.39, 0.29) is 0 Å². The molecule has 0 aliphatic carbocycles. The summed E-state index contributed by atoms with van der Waals surface area (Å²) in [6.07, 6.45) is 0. The molecule has 6 heteroatoms. The van der Waals surface area contributed by atoms with Crippen LogP contribution in [-0.4, -0.2) is 55.9 Å². The molecule has 0 spiro atoms. The zero-order chi connectivity index (χ0) is 13.7. The third kappa shape index (κ3) is 3.78. The normalized spacial score (nSPS) is 19.5. The van der Waals surface area contributed by atoms with Crippen LogP contribution in [0, 0.1) is 6.92 Å². The molecule has 0 aromatic carbocycles. The van der Waals surface area contributed by atoms with Crippen molar-refractivity contribution in [1.82, 2.24) is 15.3 Å². The lowest BCUT2D eigenvalue weighted by atomic mass is 10.2. The second-order valence-electron chi connectivity index (χ2n) is 4.82. The molecule has 6 nitrogen and oxygen atoms in total. The maximum atomic E-state index is 5.03. The molecule has 1 aliphatic rings. The molecular weight excluding hydrogens is 242 g/mol. The van der Waals surface area contributed by atoms with Gasteiger partial charge in [-0.05, 0) is 13.8 Å². The molecule has 1 saturated heterocycles. The molecular formula is C13H23N5O. The minimum atomic E-state index is 0.454. The molecule has 0 saturated carbocycles. The topological polar surface area (TPSA) is 62.3 Å². The first kappa shape index (κ1) is 14.0. The minimum Gasteiger partial charge on any atom is -0.383 e. The molecule has 0 bridgehead atoms. The van der Waals surface area contributed by atoms with Crippen molar-refractivity contribution in [2.75, 3.05) is 50.1 Å². The first-order chi connectivity index (χ1) is 9.20. The van der Waals surface area contributed by atoms with E-state index >= 15 is 0 Å². The summed E-state index contributed by atoms with van der Waals surface area (Å²) in [6.45, 7) is 8.54. The fourth-order valence-electron chi connectivity index (χ4n) is 2.25. The van der Waals surface area contributed by atoms with Gasteiger partial charge in [0.2, 0.25) is 0 Å². The van der Waals surface area contributed by atoms with Crippen LogP contribution in [0.25, 0.3) is 0 Å². The van der Waals surface area contributed by atoms with E-state index in [0.29, 0.717) is 12.6 Å². The Balaban J connectivity index is 2.11. The number of nitrogens with one attached hydrogen (secondary N) is 2. The number of aryl methyl sites for hydroxylation is 1. The van der Waals surface area contributed by atoms with Crippen LogP contribution in [0.3, 0.4) is 0 Å². The largest absolute Gasteiger partial charge is 0.383 e. The Morgan fingerprint density at radius 1 is 1.53 bits per heavy atom. The van der Waals surface area contributed by atoms with Crippen LogP contribution in [0.4, 0.5) is 11.6 Å². The fourth-order valence-corrected chi connectivity index (χ4v) is 2.25. The van der Waals surface area contributed by atoms with E-state index in [4.69, 9.17) is 4.74 Å². The zero-order valence-electron chi connectivity index (χ0n) is 11.9. The number of ether oxygens (including phenoxy) is 1. The van der Waals surface area contributed by atoms with Gasteiger partial charge >= 0.3 is 0 Å². The van der Waals surface area contributed by atoms with Crippen LogP contribution < -0.4 is 15.5 Å². The second-order valence-corrected chi connectivity index (χ2v) is 4.82. The quantitative estimate of drug-likeness (QED) is 0.762. The van der Waals surface area contributed by atoms with E-state index in [2.05, 4.69) is 32.4 Å². The highest BCUT2D eigenvalue weighted by Gasteiger charge is 2.20. The average Bonchev–Trinajstić information content (AvgIpc) is 2.39. The van der Waals surface area contributed by atoms with Gasteiger partial charge in [0.05, 0.1) is 6.61 Å². The number of methoxy groups -OCH3 is 1. The fraction of sp³-hybridized carbons (Fsp3) is 0.692. The van der Waals surface area contributed by atoms with Crippen LogP contribution in [0.15, 0.2) is 6.07 Å². The number of rotatable bonds is 5. The van der Waals surface area contributed by atoms with Gasteiger partial charge in [-0.1, -0.05) is 0 Å². The lowest BCUT2D eigenvalue weighted by Gasteiger charge is -2.35. The highest BCUT2D eigenvalue weighted by atomic mass is 16.5. The predicted octanol–water partition coefficient (Wildman–Crippen LogP) is 0.641. The number of anilines is 2. The molecule has 19 heavy (non-hydrogen) atoms. The molecule has 1 atom stereocenters. The molecule has 0 radical (unpaired) electrons. The Kier molecular flexibility index (Phi) is 4.93. The van der Waals surface area contributed by atoms with E-state index < -0.39 is 0 Å². The van der Waals surface area contributed by atoms with Gasteiger partial charge in [0, 0.05) is 45.4 Å². The number of aromatic nitrogens is 2. The van der Waals surface area contributed by atoms with Gasteiger partial charge in [-0.15, -0.1) is 0 Å². The number of hydrogen-bond acceptors (Lipinski definition) is 6. The number of nitrogens with zero attached hydrogens (tertiary/aromatic N) is 3. The maximum Gasteiger partial charge on any atom is 0.134 e. The van der Waals surface area contributed by atoms with Crippen molar-refractivity contribution < 1.29 is 4.74 Å². The van der Waals surface area contributed by atoms with Gasteiger partial charge in [-0.2, -0.15) is 0 Å². The number of piperazine rings is 1.